The van der Waals surface area contributed by atoms with Gasteiger partial charge in [-0.05, 0) is 76.7 Å². The molecule has 0 N–H and O–H groups in total. The maximum atomic E-state index is 14.1. The number of hydrogen-bond acceptors (Lipinski definition) is 4. The molecule has 154 valence electrons. The summed E-state index contributed by atoms with van der Waals surface area (Å²) in [5.41, 5.74) is 4.84. The Morgan fingerprint density at radius 3 is 2.41 bits per heavy atom. The molecule has 0 aliphatic rings. The average Bonchev–Trinajstić information content (AvgIpc) is 3.06. The van der Waals surface area contributed by atoms with E-state index in [0.29, 0.717) is 23.6 Å². The van der Waals surface area contributed by atoms with Crippen molar-refractivity contribution in [2.45, 2.75) is 33.6 Å². The molecule has 0 radical (unpaired) electrons. The lowest BCUT2D eigenvalue weighted by Crippen LogP contribution is -2.34. The van der Waals surface area contributed by atoms with Crippen LogP contribution in [-0.4, -0.2) is 43.0 Å². The molecule has 0 fully saturated rings. The predicted octanol–water partition coefficient (Wildman–Crippen LogP) is 4.89. The number of aromatic nitrogens is 1. The van der Waals surface area contributed by atoms with E-state index in [0.717, 1.165) is 34.4 Å². The van der Waals surface area contributed by atoms with Crippen molar-refractivity contribution in [2.75, 3.05) is 32.1 Å². The number of thiazole rings is 1. The fraction of sp³-hybridized carbons (Fsp3) is 0.391. The van der Waals surface area contributed by atoms with Crippen LogP contribution >= 0.6 is 11.3 Å². The second-order valence-corrected chi connectivity index (χ2v) is 8.85. The minimum atomic E-state index is -0.351. The molecule has 0 saturated heterocycles. The third kappa shape index (κ3) is 5.00. The molecule has 1 heterocycles. The van der Waals surface area contributed by atoms with Crippen molar-refractivity contribution in [1.29, 1.82) is 0 Å². The lowest BCUT2D eigenvalue weighted by molar-refractivity contribution is -0.118. The van der Waals surface area contributed by atoms with Crippen molar-refractivity contribution >= 4 is 32.6 Å². The van der Waals surface area contributed by atoms with Gasteiger partial charge >= 0.3 is 0 Å². The van der Waals surface area contributed by atoms with E-state index >= 15 is 0 Å². The highest BCUT2D eigenvalue weighted by Gasteiger charge is 2.22. The van der Waals surface area contributed by atoms with Gasteiger partial charge in [-0.15, -0.1) is 0 Å². The summed E-state index contributed by atoms with van der Waals surface area (Å²) >= 11 is 1.37. The van der Waals surface area contributed by atoms with Crippen molar-refractivity contribution in [2.24, 2.45) is 0 Å². The molecule has 3 rings (SSSR count). The van der Waals surface area contributed by atoms with Crippen LogP contribution in [0.15, 0.2) is 30.3 Å². The Morgan fingerprint density at radius 2 is 1.79 bits per heavy atom. The summed E-state index contributed by atoms with van der Waals surface area (Å²) in [5.74, 6) is -0.353. The largest absolute Gasteiger partial charge is 0.309 e. The molecule has 0 spiro atoms. The molecule has 0 aliphatic carbocycles. The highest BCUT2D eigenvalue weighted by atomic mass is 32.1. The van der Waals surface area contributed by atoms with E-state index in [1.165, 1.54) is 23.0 Å². The Balaban J connectivity index is 1.92. The van der Waals surface area contributed by atoms with Gasteiger partial charge < -0.3 is 4.90 Å². The van der Waals surface area contributed by atoms with Crippen LogP contribution in [0.25, 0.3) is 10.2 Å². The summed E-state index contributed by atoms with van der Waals surface area (Å²) in [4.78, 5) is 21.6. The van der Waals surface area contributed by atoms with E-state index in [-0.39, 0.29) is 11.7 Å². The zero-order chi connectivity index (χ0) is 21.1. The zero-order valence-corrected chi connectivity index (χ0v) is 18.6. The lowest BCUT2D eigenvalue weighted by atomic mass is 9.97. The van der Waals surface area contributed by atoms with Gasteiger partial charge in [-0.1, -0.05) is 35.1 Å². The standard InChI is InChI=1S/C23H28FN3OS/c1-15-12-16(2)18(17(3)13-15)14-21(28)27(11-7-10-26(4)5)23-25-22-19(24)8-6-9-20(22)29-23/h6,8-9,12-13H,7,10-11,14H2,1-5H3. The summed E-state index contributed by atoms with van der Waals surface area (Å²) in [7, 11) is 4.02. The number of aryl methyl sites for hydroxylation is 3. The van der Waals surface area contributed by atoms with Crippen molar-refractivity contribution < 1.29 is 9.18 Å². The van der Waals surface area contributed by atoms with Crippen LogP contribution in [0.4, 0.5) is 9.52 Å². The first-order valence-corrected chi connectivity index (χ1v) is 10.6. The molecule has 29 heavy (non-hydrogen) atoms. The molecule has 6 heteroatoms. The number of para-hydroxylation sites is 1. The Hall–Kier alpha value is -2.31. The molecule has 0 bridgehead atoms. The first-order valence-electron chi connectivity index (χ1n) is 9.83. The molecule has 1 amide bonds. The van der Waals surface area contributed by atoms with Gasteiger partial charge in [-0.2, -0.15) is 0 Å². The minimum Gasteiger partial charge on any atom is -0.309 e. The summed E-state index contributed by atoms with van der Waals surface area (Å²) in [6, 6.07) is 9.15. The summed E-state index contributed by atoms with van der Waals surface area (Å²) in [6.07, 6.45) is 1.14. The molecule has 0 unspecified atom stereocenters. The average molecular weight is 414 g/mol. The highest BCUT2D eigenvalue weighted by Crippen LogP contribution is 2.31. The molecule has 0 aliphatic heterocycles. The van der Waals surface area contributed by atoms with Gasteiger partial charge in [0.2, 0.25) is 5.91 Å². The quantitative estimate of drug-likeness (QED) is 0.553. The van der Waals surface area contributed by atoms with Crippen LogP contribution in [0.3, 0.4) is 0 Å². The predicted molar refractivity (Wildman–Crippen MR) is 119 cm³/mol. The van der Waals surface area contributed by atoms with Gasteiger partial charge in [0.15, 0.2) is 5.13 Å². The van der Waals surface area contributed by atoms with Gasteiger partial charge in [0, 0.05) is 6.54 Å². The molecule has 1 aromatic heterocycles. The second-order valence-electron chi connectivity index (χ2n) is 7.84. The molecule has 2 aromatic carbocycles. The minimum absolute atomic E-state index is 0.00160. The monoisotopic (exact) mass is 413 g/mol. The van der Waals surface area contributed by atoms with E-state index in [1.54, 1.807) is 11.0 Å². The van der Waals surface area contributed by atoms with Gasteiger partial charge in [-0.25, -0.2) is 9.37 Å². The van der Waals surface area contributed by atoms with Crippen molar-refractivity contribution in [3.8, 4) is 0 Å². The number of halogens is 1. The molecule has 3 aromatic rings. The van der Waals surface area contributed by atoms with Gasteiger partial charge in [-0.3, -0.25) is 9.69 Å². The van der Waals surface area contributed by atoms with Crippen LogP contribution in [0.1, 0.15) is 28.7 Å². The van der Waals surface area contributed by atoms with Gasteiger partial charge in [0.05, 0.1) is 11.1 Å². The van der Waals surface area contributed by atoms with Crippen molar-refractivity contribution in [3.05, 3.63) is 58.4 Å². The third-order valence-corrected chi connectivity index (χ3v) is 6.09. The molecule has 4 nitrogen and oxygen atoms in total. The first kappa shape index (κ1) is 21.4. The Labute approximate surface area is 176 Å². The molecule has 0 atom stereocenters. The van der Waals surface area contributed by atoms with Crippen LogP contribution in [0.5, 0.6) is 0 Å². The fourth-order valence-electron chi connectivity index (χ4n) is 3.63. The van der Waals surface area contributed by atoms with E-state index in [1.807, 2.05) is 34.0 Å². The molecular weight excluding hydrogens is 385 g/mol. The van der Waals surface area contributed by atoms with Crippen LogP contribution in [0.2, 0.25) is 0 Å². The van der Waals surface area contributed by atoms with Crippen molar-refractivity contribution in [3.63, 3.8) is 0 Å². The Morgan fingerprint density at radius 1 is 1.10 bits per heavy atom. The van der Waals surface area contributed by atoms with Gasteiger partial charge in [0.1, 0.15) is 11.3 Å². The Kier molecular flexibility index (Phi) is 6.65. The normalized spacial score (nSPS) is 11.4. The topological polar surface area (TPSA) is 36.4 Å². The van der Waals surface area contributed by atoms with Crippen molar-refractivity contribution in [1.82, 2.24) is 9.88 Å². The summed E-state index contributed by atoms with van der Waals surface area (Å²) < 4.78 is 14.9. The number of hydrogen-bond donors (Lipinski definition) is 0. The van der Waals surface area contributed by atoms with Crippen LogP contribution in [0, 0.1) is 26.6 Å². The van der Waals surface area contributed by atoms with Crippen LogP contribution < -0.4 is 4.90 Å². The summed E-state index contributed by atoms with van der Waals surface area (Å²) in [6.45, 7) is 7.58. The SMILES string of the molecule is Cc1cc(C)c(CC(=O)N(CCCN(C)C)c2nc3c(F)cccc3s2)c(C)c1. The zero-order valence-electron chi connectivity index (χ0n) is 17.8. The number of fused-ring (bicyclic) bond motifs is 1. The molecule has 0 saturated carbocycles. The smallest absolute Gasteiger partial charge is 0.233 e. The summed E-state index contributed by atoms with van der Waals surface area (Å²) in [5, 5.41) is 0.566. The third-order valence-electron chi connectivity index (χ3n) is 5.05. The lowest BCUT2D eigenvalue weighted by Gasteiger charge is -2.22. The maximum Gasteiger partial charge on any atom is 0.233 e. The Bertz CT molecular complexity index is 1010. The van der Waals surface area contributed by atoms with Crippen LogP contribution in [-0.2, 0) is 11.2 Å². The van der Waals surface area contributed by atoms with E-state index in [2.05, 4.69) is 28.9 Å². The number of nitrogens with zero attached hydrogens (tertiary/aromatic N) is 3. The number of amides is 1. The fourth-order valence-corrected chi connectivity index (χ4v) is 4.65. The van der Waals surface area contributed by atoms with E-state index < -0.39 is 0 Å². The molecular formula is C23H28FN3OS. The number of carbonyl (C=O) groups excluding carboxylic acids is 1. The van der Waals surface area contributed by atoms with Gasteiger partial charge in [0.25, 0.3) is 0 Å². The number of carbonyl (C=O) groups is 1. The second kappa shape index (κ2) is 9.01. The number of benzene rings is 2. The maximum absolute atomic E-state index is 14.1. The van der Waals surface area contributed by atoms with E-state index in [9.17, 15) is 9.18 Å². The first-order chi connectivity index (χ1) is 13.8. The highest BCUT2D eigenvalue weighted by molar-refractivity contribution is 7.22. The number of rotatable bonds is 7. The number of anilines is 1. The van der Waals surface area contributed by atoms with E-state index in [4.69, 9.17) is 0 Å².